The second-order valence-corrected chi connectivity index (χ2v) is 3.85. The molecule has 88 valence electrons. The zero-order chi connectivity index (χ0) is 12.3. The Hall–Kier alpha value is -1.88. The first-order valence-electron chi connectivity index (χ1n) is 5.03. The van der Waals surface area contributed by atoms with E-state index in [-0.39, 0.29) is 6.42 Å². The molecule has 0 aliphatic carbocycles. The van der Waals surface area contributed by atoms with E-state index in [0.29, 0.717) is 23.1 Å². The molecule has 2 heterocycles. The number of imidazole rings is 1. The first kappa shape index (κ1) is 11.6. The van der Waals surface area contributed by atoms with Crippen molar-refractivity contribution in [2.45, 2.75) is 12.8 Å². The van der Waals surface area contributed by atoms with Gasteiger partial charge in [0.05, 0.1) is 12.1 Å². The molecule has 0 saturated carbocycles. The van der Waals surface area contributed by atoms with Crippen molar-refractivity contribution in [2.75, 3.05) is 0 Å². The summed E-state index contributed by atoms with van der Waals surface area (Å²) in [6.07, 6.45) is 3.69. The number of halogens is 1. The summed E-state index contributed by atoms with van der Waals surface area (Å²) < 4.78 is 0. The highest BCUT2D eigenvalue weighted by atomic mass is 35.5. The van der Waals surface area contributed by atoms with Gasteiger partial charge in [-0.25, -0.2) is 4.98 Å². The number of carboxylic acid groups (broad SMARTS) is 1. The van der Waals surface area contributed by atoms with E-state index in [2.05, 4.69) is 15.0 Å². The number of aromatic nitrogens is 3. The molecule has 2 rings (SSSR count). The Labute approximate surface area is 102 Å². The molecule has 2 N–H and O–H groups in total. The van der Waals surface area contributed by atoms with E-state index in [1.165, 1.54) is 0 Å². The van der Waals surface area contributed by atoms with E-state index in [0.717, 1.165) is 5.56 Å². The molecule has 6 heteroatoms. The molecular formula is C11H10ClN3O2. The number of hydrogen-bond donors (Lipinski definition) is 2. The molecule has 2 aromatic heterocycles. The van der Waals surface area contributed by atoms with Crippen molar-refractivity contribution in [1.82, 2.24) is 15.0 Å². The summed E-state index contributed by atoms with van der Waals surface area (Å²) in [5.41, 5.74) is 1.45. The number of aromatic amines is 1. The lowest BCUT2D eigenvalue weighted by atomic mass is 10.2. The molecule has 0 spiro atoms. The first-order chi connectivity index (χ1) is 8.16. The van der Waals surface area contributed by atoms with Gasteiger partial charge >= 0.3 is 5.97 Å². The van der Waals surface area contributed by atoms with Crippen LogP contribution in [-0.4, -0.2) is 26.0 Å². The van der Waals surface area contributed by atoms with Gasteiger partial charge in [-0.2, -0.15) is 0 Å². The van der Waals surface area contributed by atoms with Gasteiger partial charge in [0.25, 0.3) is 0 Å². The van der Waals surface area contributed by atoms with Crippen molar-refractivity contribution in [3.05, 3.63) is 35.4 Å². The Morgan fingerprint density at radius 2 is 2.35 bits per heavy atom. The average Bonchev–Trinajstić information content (AvgIpc) is 2.69. The highest BCUT2D eigenvalue weighted by Gasteiger charge is 2.10. The summed E-state index contributed by atoms with van der Waals surface area (Å²) in [5, 5.41) is 8.91. The SMILES string of the molecule is O=C(O)CCc1[nH]c(-c2cccnc2)nc1Cl. The fourth-order valence-corrected chi connectivity index (χ4v) is 1.65. The summed E-state index contributed by atoms with van der Waals surface area (Å²) >= 11 is 5.92. The van der Waals surface area contributed by atoms with Crippen molar-refractivity contribution in [3.63, 3.8) is 0 Å². The molecule has 5 nitrogen and oxygen atoms in total. The van der Waals surface area contributed by atoms with Gasteiger partial charge < -0.3 is 10.1 Å². The number of carbonyl (C=O) groups is 1. The smallest absolute Gasteiger partial charge is 0.303 e. The van der Waals surface area contributed by atoms with Gasteiger partial charge in [-0.15, -0.1) is 0 Å². The number of aliphatic carboxylic acids is 1. The van der Waals surface area contributed by atoms with Crippen LogP contribution in [0.2, 0.25) is 5.15 Å². The van der Waals surface area contributed by atoms with Gasteiger partial charge in [-0.1, -0.05) is 11.6 Å². The second-order valence-electron chi connectivity index (χ2n) is 3.49. The van der Waals surface area contributed by atoms with Gasteiger partial charge in [-0.3, -0.25) is 9.78 Å². The van der Waals surface area contributed by atoms with Crippen molar-refractivity contribution >= 4 is 17.6 Å². The molecule has 17 heavy (non-hydrogen) atoms. The van der Waals surface area contributed by atoms with Crippen LogP contribution in [0.1, 0.15) is 12.1 Å². The molecule has 0 amide bonds. The fourth-order valence-electron chi connectivity index (χ4n) is 1.43. The predicted octanol–water partition coefficient (Wildman–Crippen LogP) is 2.14. The molecule has 0 fully saturated rings. The highest BCUT2D eigenvalue weighted by molar-refractivity contribution is 6.30. The first-order valence-corrected chi connectivity index (χ1v) is 5.41. The maximum atomic E-state index is 10.5. The van der Waals surface area contributed by atoms with Crippen LogP contribution in [0.25, 0.3) is 11.4 Å². The Kier molecular flexibility index (Phi) is 3.39. The Balaban J connectivity index is 2.22. The van der Waals surface area contributed by atoms with Gasteiger partial charge in [0.2, 0.25) is 0 Å². The van der Waals surface area contributed by atoms with Crippen LogP contribution in [0.4, 0.5) is 0 Å². The summed E-state index contributed by atoms with van der Waals surface area (Å²) in [6, 6.07) is 3.64. The quantitative estimate of drug-likeness (QED) is 0.873. The van der Waals surface area contributed by atoms with Crippen LogP contribution in [0, 0.1) is 0 Å². The van der Waals surface area contributed by atoms with Crippen molar-refractivity contribution in [3.8, 4) is 11.4 Å². The van der Waals surface area contributed by atoms with Crippen LogP contribution in [0.15, 0.2) is 24.5 Å². The van der Waals surface area contributed by atoms with Crippen LogP contribution >= 0.6 is 11.6 Å². The molecule has 0 saturated heterocycles. The van der Waals surface area contributed by atoms with Crippen molar-refractivity contribution in [2.24, 2.45) is 0 Å². The Bertz CT molecular complexity index is 525. The van der Waals surface area contributed by atoms with E-state index in [1.54, 1.807) is 18.5 Å². The van der Waals surface area contributed by atoms with Gasteiger partial charge in [-0.05, 0) is 12.1 Å². The third kappa shape index (κ3) is 2.82. The highest BCUT2D eigenvalue weighted by Crippen LogP contribution is 2.21. The molecule has 0 aromatic carbocycles. The number of carboxylic acids is 1. The zero-order valence-electron chi connectivity index (χ0n) is 8.85. The Morgan fingerprint density at radius 3 is 3.00 bits per heavy atom. The number of nitrogens with zero attached hydrogens (tertiary/aromatic N) is 2. The lowest BCUT2D eigenvalue weighted by Gasteiger charge is -1.95. The standard InChI is InChI=1S/C11H10ClN3O2/c12-10-8(3-4-9(16)17)14-11(15-10)7-2-1-5-13-6-7/h1-2,5-6H,3-4H2,(H,14,15)(H,16,17). The van der Waals surface area contributed by atoms with Crippen LogP contribution in [0.5, 0.6) is 0 Å². The summed E-state index contributed by atoms with van der Waals surface area (Å²) in [7, 11) is 0. The van der Waals surface area contributed by atoms with E-state index in [4.69, 9.17) is 16.7 Å². The van der Waals surface area contributed by atoms with Crippen molar-refractivity contribution < 1.29 is 9.90 Å². The van der Waals surface area contributed by atoms with Gasteiger partial charge in [0.15, 0.2) is 5.15 Å². The number of pyridine rings is 1. The molecule has 0 radical (unpaired) electrons. The fraction of sp³-hybridized carbons (Fsp3) is 0.182. The van der Waals surface area contributed by atoms with Crippen LogP contribution in [-0.2, 0) is 11.2 Å². The monoisotopic (exact) mass is 251 g/mol. The molecule has 0 atom stereocenters. The van der Waals surface area contributed by atoms with Crippen LogP contribution in [0.3, 0.4) is 0 Å². The lowest BCUT2D eigenvalue weighted by molar-refractivity contribution is -0.136. The third-order valence-corrected chi connectivity index (χ3v) is 2.56. The molecular weight excluding hydrogens is 242 g/mol. The molecule has 2 aromatic rings. The number of aryl methyl sites for hydroxylation is 1. The number of hydrogen-bond acceptors (Lipinski definition) is 3. The largest absolute Gasteiger partial charge is 0.481 e. The molecule has 0 aliphatic heterocycles. The van der Waals surface area contributed by atoms with E-state index in [9.17, 15) is 4.79 Å². The topological polar surface area (TPSA) is 78.9 Å². The number of rotatable bonds is 4. The maximum absolute atomic E-state index is 10.5. The molecule has 0 aliphatic rings. The lowest BCUT2D eigenvalue weighted by Crippen LogP contribution is -1.98. The average molecular weight is 252 g/mol. The van der Waals surface area contributed by atoms with Crippen molar-refractivity contribution in [1.29, 1.82) is 0 Å². The predicted molar refractivity (Wildman–Crippen MR) is 62.8 cm³/mol. The van der Waals surface area contributed by atoms with Gasteiger partial charge in [0, 0.05) is 24.4 Å². The summed E-state index contributed by atoms with van der Waals surface area (Å²) in [5.74, 6) is -0.262. The van der Waals surface area contributed by atoms with Crippen LogP contribution < -0.4 is 0 Å². The minimum atomic E-state index is -0.862. The molecule has 0 unspecified atom stereocenters. The maximum Gasteiger partial charge on any atom is 0.303 e. The second kappa shape index (κ2) is 4.97. The van der Waals surface area contributed by atoms with E-state index in [1.807, 2.05) is 6.07 Å². The number of nitrogens with one attached hydrogen (secondary N) is 1. The summed E-state index contributed by atoms with van der Waals surface area (Å²) in [4.78, 5) is 21.6. The van der Waals surface area contributed by atoms with E-state index < -0.39 is 5.97 Å². The number of H-pyrrole nitrogens is 1. The van der Waals surface area contributed by atoms with E-state index >= 15 is 0 Å². The third-order valence-electron chi connectivity index (χ3n) is 2.25. The Morgan fingerprint density at radius 1 is 1.53 bits per heavy atom. The molecule has 0 bridgehead atoms. The zero-order valence-corrected chi connectivity index (χ0v) is 9.61. The van der Waals surface area contributed by atoms with Gasteiger partial charge in [0.1, 0.15) is 5.82 Å². The minimum Gasteiger partial charge on any atom is -0.481 e. The summed E-state index contributed by atoms with van der Waals surface area (Å²) in [6.45, 7) is 0. The minimum absolute atomic E-state index is 0.0222. The normalized spacial score (nSPS) is 10.4.